The van der Waals surface area contributed by atoms with Crippen molar-refractivity contribution in [1.82, 2.24) is 0 Å². The van der Waals surface area contributed by atoms with Gasteiger partial charge in [0.1, 0.15) is 0 Å². The smallest absolute Gasteiger partial charge is 0.0709 e. The fourth-order valence-electron chi connectivity index (χ4n) is 3.76. The van der Waals surface area contributed by atoms with Gasteiger partial charge in [-0.25, -0.2) is 0 Å². The Balaban J connectivity index is 1.82. The van der Waals surface area contributed by atoms with Gasteiger partial charge >= 0.3 is 0 Å². The number of nitrogens with two attached hydrogens (primary N) is 1. The van der Waals surface area contributed by atoms with E-state index >= 15 is 0 Å². The average Bonchev–Trinajstić information content (AvgIpc) is 2.40. The molecule has 1 saturated carbocycles. The summed E-state index contributed by atoms with van der Waals surface area (Å²) in [6, 6.07) is 6.12. The third kappa shape index (κ3) is 2.32. The Bertz CT molecular complexity index is 474. The van der Waals surface area contributed by atoms with Gasteiger partial charge in [-0.05, 0) is 43.9 Å². The van der Waals surface area contributed by atoms with E-state index in [0.29, 0.717) is 5.92 Å². The predicted octanol–water partition coefficient (Wildman–Crippen LogP) is 2.71. The third-order valence-corrected chi connectivity index (χ3v) is 5.00. The zero-order valence-corrected chi connectivity index (χ0v) is 11.7. The Labute approximate surface area is 115 Å². The molecule has 1 aliphatic carbocycles. The molecule has 1 aliphatic heterocycles. The average molecular weight is 260 g/mol. The molecule has 0 spiro atoms. The molecule has 3 rings (SSSR count). The topological polar surface area (TPSA) is 49.5 Å². The predicted molar refractivity (Wildman–Crippen MR) is 79.3 cm³/mol. The van der Waals surface area contributed by atoms with Gasteiger partial charge in [0.25, 0.3) is 0 Å². The minimum Gasteiger partial charge on any atom is -0.399 e. The standard InChI is InChI=1S/C16H24N2O/c1-12-5-6-14(17)10-15(12)18-9-8-16(19)7-3-2-4-13(16)11-18/h5-6,10,13,19H,2-4,7-9,11,17H2,1H3. The van der Waals surface area contributed by atoms with Crippen molar-refractivity contribution >= 4 is 11.4 Å². The van der Waals surface area contributed by atoms with Gasteiger partial charge in [-0.1, -0.05) is 18.9 Å². The van der Waals surface area contributed by atoms with Crippen molar-refractivity contribution in [1.29, 1.82) is 0 Å². The molecule has 0 bridgehead atoms. The molecule has 1 aromatic carbocycles. The van der Waals surface area contributed by atoms with Gasteiger partial charge in [0.15, 0.2) is 0 Å². The number of anilines is 2. The lowest BCUT2D eigenvalue weighted by Gasteiger charge is -2.48. The van der Waals surface area contributed by atoms with E-state index in [1.807, 2.05) is 6.07 Å². The summed E-state index contributed by atoms with van der Waals surface area (Å²) in [5.41, 5.74) is 8.86. The number of aryl methyl sites for hydroxylation is 1. The van der Waals surface area contributed by atoms with Gasteiger partial charge in [0.2, 0.25) is 0 Å². The quantitative estimate of drug-likeness (QED) is 0.763. The van der Waals surface area contributed by atoms with E-state index in [9.17, 15) is 5.11 Å². The van der Waals surface area contributed by atoms with E-state index in [-0.39, 0.29) is 0 Å². The summed E-state index contributed by atoms with van der Waals surface area (Å²) in [7, 11) is 0. The van der Waals surface area contributed by atoms with Crippen LogP contribution in [0.25, 0.3) is 0 Å². The zero-order valence-electron chi connectivity index (χ0n) is 11.7. The summed E-state index contributed by atoms with van der Waals surface area (Å²) in [5.74, 6) is 0.427. The molecule has 0 radical (unpaired) electrons. The van der Waals surface area contributed by atoms with E-state index in [1.165, 1.54) is 24.1 Å². The molecule has 104 valence electrons. The number of benzene rings is 1. The van der Waals surface area contributed by atoms with E-state index in [2.05, 4.69) is 24.0 Å². The Morgan fingerprint density at radius 1 is 1.32 bits per heavy atom. The van der Waals surface area contributed by atoms with E-state index in [0.717, 1.165) is 38.0 Å². The maximum atomic E-state index is 10.7. The van der Waals surface area contributed by atoms with Crippen LogP contribution in [-0.4, -0.2) is 23.8 Å². The number of fused-ring (bicyclic) bond motifs is 1. The number of piperidine rings is 1. The van der Waals surface area contributed by atoms with Crippen molar-refractivity contribution in [2.75, 3.05) is 23.7 Å². The zero-order chi connectivity index (χ0) is 13.5. The molecule has 1 saturated heterocycles. The van der Waals surface area contributed by atoms with Gasteiger partial charge in [-0.15, -0.1) is 0 Å². The van der Waals surface area contributed by atoms with E-state index in [1.54, 1.807) is 0 Å². The van der Waals surface area contributed by atoms with Crippen LogP contribution in [0.5, 0.6) is 0 Å². The van der Waals surface area contributed by atoms with Gasteiger partial charge < -0.3 is 15.7 Å². The minimum atomic E-state index is -0.400. The molecule has 1 heterocycles. The summed E-state index contributed by atoms with van der Waals surface area (Å²) in [6.45, 7) is 4.05. The van der Waals surface area contributed by atoms with Crippen molar-refractivity contribution in [2.24, 2.45) is 5.92 Å². The summed E-state index contributed by atoms with van der Waals surface area (Å²) in [6.07, 6.45) is 5.49. The van der Waals surface area contributed by atoms with Crippen molar-refractivity contribution < 1.29 is 5.11 Å². The number of rotatable bonds is 1. The fourth-order valence-corrected chi connectivity index (χ4v) is 3.76. The molecule has 3 heteroatoms. The van der Waals surface area contributed by atoms with Crippen LogP contribution in [0.1, 0.15) is 37.7 Å². The van der Waals surface area contributed by atoms with Crippen molar-refractivity contribution in [3.63, 3.8) is 0 Å². The normalized spacial score (nSPS) is 31.1. The summed E-state index contributed by atoms with van der Waals surface area (Å²) in [4.78, 5) is 2.41. The Morgan fingerprint density at radius 3 is 3.00 bits per heavy atom. The van der Waals surface area contributed by atoms with E-state index in [4.69, 9.17) is 5.73 Å². The van der Waals surface area contributed by atoms with Crippen molar-refractivity contribution in [3.8, 4) is 0 Å². The van der Waals surface area contributed by atoms with Crippen LogP contribution >= 0.6 is 0 Å². The Hall–Kier alpha value is -1.22. The first-order valence-electron chi connectivity index (χ1n) is 7.42. The molecule has 2 fully saturated rings. The maximum Gasteiger partial charge on any atom is 0.0709 e. The van der Waals surface area contributed by atoms with Gasteiger partial charge in [0.05, 0.1) is 5.60 Å². The third-order valence-electron chi connectivity index (χ3n) is 5.00. The lowest BCUT2D eigenvalue weighted by Crippen LogP contribution is -2.53. The second-order valence-corrected chi connectivity index (χ2v) is 6.29. The highest BCUT2D eigenvalue weighted by Gasteiger charge is 2.42. The molecular weight excluding hydrogens is 236 g/mol. The van der Waals surface area contributed by atoms with Crippen LogP contribution in [0.3, 0.4) is 0 Å². The molecular formula is C16H24N2O. The van der Waals surface area contributed by atoms with Crippen molar-refractivity contribution in [3.05, 3.63) is 23.8 Å². The van der Waals surface area contributed by atoms with Crippen LogP contribution in [0.4, 0.5) is 11.4 Å². The number of nitrogens with zero attached hydrogens (tertiary/aromatic N) is 1. The van der Waals surface area contributed by atoms with Crippen LogP contribution < -0.4 is 10.6 Å². The molecule has 3 N–H and O–H groups in total. The minimum absolute atomic E-state index is 0.400. The first-order valence-corrected chi connectivity index (χ1v) is 7.42. The van der Waals surface area contributed by atoms with Gasteiger partial charge in [-0.2, -0.15) is 0 Å². The fraction of sp³-hybridized carbons (Fsp3) is 0.625. The highest BCUT2D eigenvalue weighted by molar-refractivity contribution is 5.61. The second kappa shape index (κ2) is 4.71. The number of hydrogen-bond acceptors (Lipinski definition) is 3. The highest BCUT2D eigenvalue weighted by Crippen LogP contribution is 2.41. The summed E-state index contributed by atoms with van der Waals surface area (Å²) >= 11 is 0. The monoisotopic (exact) mass is 260 g/mol. The van der Waals surface area contributed by atoms with Gasteiger partial charge in [0, 0.05) is 30.4 Å². The molecule has 2 atom stereocenters. The largest absolute Gasteiger partial charge is 0.399 e. The molecule has 3 nitrogen and oxygen atoms in total. The van der Waals surface area contributed by atoms with Crippen LogP contribution in [0, 0.1) is 12.8 Å². The molecule has 0 amide bonds. The number of aliphatic hydroxyl groups is 1. The summed E-state index contributed by atoms with van der Waals surface area (Å²) < 4.78 is 0. The number of hydrogen-bond donors (Lipinski definition) is 2. The lowest BCUT2D eigenvalue weighted by molar-refractivity contribution is -0.0612. The SMILES string of the molecule is Cc1ccc(N)cc1N1CCC2(O)CCCCC2C1. The van der Waals surface area contributed by atoms with E-state index < -0.39 is 5.60 Å². The van der Waals surface area contributed by atoms with Gasteiger partial charge in [-0.3, -0.25) is 0 Å². The maximum absolute atomic E-state index is 10.7. The number of nitrogen functional groups attached to an aromatic ring is 1. The molecule has 2 aliphatic rings. The lowest BCUT2D eigenvalue weighted by atomic mass is 9.71. The Kier molecular flexibility index (Phi) is 3.17. The molecule has 19 heavy (non-hydrogen) atoms. The van der Waals surface area contributed by atoms with Crippen LogP contribution in [0.2, 0.25) is 0 Å². The Morgan fingerprint density at radius 2 is 2.16 bits per heavy atom. The molecule has 0 aromatic heterocycles. The first kappa shape index (κ1) is 12.8. The van der Waals surface area contributed by atoms with Crippen LogP contribution in [-0.2, 0) is 0 Å². The summed E-state index contributed by atoms with van der Waals surface area (Å²) in [5, 5.41) is 10.7. The van der Waals surface area contributed by atoms with Crippen LogP contribution in [0.15, 0.2) is 18.2 Å². The second-order valence-electron chi connectivity index (χ2n) is 6.29. The van der Waals surface area contributed by atoms with Crippen molar-refractivity contribution in [2.45, 2.75) is 44.6 Å². The molecule has 2 unspecified atom stereocenters. The first-order chi connectivity index (χ1) is 9.08. The highest BCUT2D eigenvalue weighted by atomic mass is 16.3. The molecule has 1 aromatic rings.